The summed E-state index contributed by atoms with van der Waals surface area (Å²) in [7, 11) is 0. The van der Waals surface area contributed by atoms with Crippen molar-refractivity contribution in [3.05, 3.63) is 51.2 Å². The Balaban J connectivity index is 1.82. The van der Waals surface area contributed by atoms with E-state index in [1.807, 2.05) is 6.07 Å². The summed E-state index contributed by atoms with van der Waals surface area (Å²) in [6.45, 7) is 5.85. The van der Waals surface area contributed by atoms with Gasteiger partial charge in [-0.1, -0.05) is 17.3 Å². The van der Waals surface area contributed by atoms with Crippen LogP contribution in [-0.2, 0) is 11.3 Å². The highest BCUT2D eigenvalue weighted by molar-refractivity contribution is 5.42. The Hall–Kier alpha value is -2.32. The molecule has 0 N–H and O–H groups in total. The first-order chi connectivity index (χ1) is 11.0. The van der Waals surface area contributed by atoms with E-state index in [-0.39, 0.29) is 16.7 Å². The molecule has 2 heterocycles. The Morgan fingerprint density at radius 2 is 2.26 bits per heavy atom. The van der Waals surface area contributed by atoms with E-state index in [9.17, 15) is 10.1 Å². The molecule has 0 radical (unpaired) electrons. The molecule has 0 aliphatic carbocycles. The maximum absolute atomic E-state index is 11.1. The molecule has 1 aliphatic rings. The van der Waals surface area contributed by atoms with Crippen molar-refractivity contribution in [1.29, 1.82) is 0 Å². The lowest BCUT2D eigenvalue weighted by molar-refractivity contribution is -0.385. The van der Waals surface area contributed by atoms with Crippen LogP contribution in [-0.4, -0.2) is 39.7 Å². The van der Waals surface area contributed by atoms with Crippen LogP contribution in [0.1, 0.15) is 28.9 Å². The molecular formula is C15H18N4O4. The minimum Gasteiger partial charge on any atom is -0.378 e. The SMILES string of the molecule is Cc1noc([C@H]2COCCN2Cc2ccc(C)c([N+](=O)[O-])c2)n1. The summed E-state index contributed by atoms with van der Waals surface area (Å²) in [5, 5.41) is 14.9. The van der Waals surface area contributed by atoms with Crippen molar-refractivity contribution in [2.75, 3.05) is 19.8 Å². The number of rotatable bonds is 4. The Kier molecular flexibility index (Phi) is 4.35. The largest absolute Gasteiger partial charge is 0.378 e. The minimum absolute atomic E-state index is 0.134. The molecule has 3 rings (SSSR count). The average Bonchev–Trinajstić information content (AvgIpc) is 2.96. The van der Waals surface area contributed by atoms with Crippen molar-refractivity contribution in [1.82, 2.24) is 15.0 Å². The molecule has 122 valence electrons. The van der Waals surface area contributed by atoms with Crippen LogP contribution in [0.3, 0.4) is 0 Å². The van der Waals surface area contributed by atoms with Crippen molar-refractivity contribution < 1.29 is 14.2 Å². The third kappa shape index (κ3) is 3.38. The zero-order chi connectivity index (χ0) is 16.4. The lowest BCUT2D eigenvalue weighted by Crippen LogP contribution is -2.39. The van der Waals surface area contributed by atoms with Crippen LogP contribution in [0.2, 0.25) is 0 Å². The van der Waals surface area contributed by atoms with Crippen LogP contribution in [0, 0.1) is 24.0 Å². The molecule has 0 saturated carbocycles. The topological polar surface area (TPSA) is 94.5 Å². The monoisotopic (exact) mass is 318 g/mol. The third-order valence-corrected chi connectivity index (χ3v) is 3.92. The number of benzene rings is 1. The second-order valence-corrected chi connectivity index (χ2v) is 5.62. The molecule has 1 atom stereocenters. The second-order valence-electron chi connectivity index (χ2n) is 5.62. The van der Waals surface area contributed by atoms with Gasteiger partial charge in [-0.2, -0.15) is 4.98 Å². The summed E-state index contributed by atoms with van der Waals surface area (Å²) >= 11 is 0. The van der Waals surface area contributed by atoms with E-state index in [0.717, 1.165) is 5.56 Å². The van der Waals surface area contributed by atoms with Crippen LogP contribution in [0.15, 0.2) is 22.7 Å². The predicted octanol–water partition coefficient (Wildman–Crippen LogP) is 2.17. The maximum Gasteiger partial charge on any atom is 0.272 e. The number of aromatic nitrogens is 2. The summed E-state index contributed by atoms with van der Waals surface area (Å²) in [6.07, 6.45) is 0. The highest BCUT2D eigenvalue weighted by Crippen LogP contribution is 2.26. The van der Waals surface area contributed by atoms with Gasteiger partial charge in [-0.3, -0.25) is 15.0 Å². The van der Waals surface area contributed by atoms with Crippen molar-refractivity contribution in [2.45, 2.75) is 26.4 Å². The first-order valence-electron chi connectivity index (χ1n) is 7.40. The van der Waals surface area contributed by atoms with E-state index < -0.39 is 0 Å². The Bertz CT molecular complexity index is 715. The van der Waals surface area contributed by atoms with E-state index in [2.05, 4.69) is 15.0 Å². The van der Waals surface area contributed by atoms with Crippen molar-refractivity contribution >= 4 is 5.69 Å². The van der Waals surface area contributed by atoms with Gasteiger partial charge in [-0.15, -0.1) is 0 Å². The number of nitro groups is 1. The smallest absolute Gasteiger partial charge is 0.272 e. The van der Waals surface area contributed by atoms with Crippen LogP contribution >= 0.6 is 0 Å². The minimum atomic E-state index is -0.350. The summed E-state index contributed by atoms with van der Waals surface area (Å²) in [5.41, 5.74) is 1.68. The molecule has 1 aliphatic heterocycles. The molecule has 1 saturated heterocycles. The van der Waals surface area contributed by atoms with Crippen molar-refractivity contribution in [3.8, 4) is 0 Å². The Morgan fingerprint density at radius 1 is 1.43 bits per heavy atom. The lowest BCUT2D eigenvalue weighted by Gasteiger charge is -2.33. The van der Waals surface area contributed by atoms with Crippen LogP contribution in [0.4, 0.5) is 5.69 Å². The standard InChI is InChI=1S/C15H18N4O4/c1-10-3-4-12(7-13(10)19(20)21)8-18-5-6-22-9-14(18)15-16-11(2)17-23-15/h3-4,7,14H,5-6,8-9H2,1-2H3/t14-/m1/s1. The lowest BCUT2D eigenvalue weighted by atomic mass is 10.1. The van der Waals surface area contributed by atoms with Crippen LogP contribution in [0.5, 0.6) is 0 Å². The van der Waals surface area contributed by atoms with Crippen LogP contribution in [0.25, 0.3) is 0 Å². The first kappa shape index (κ1) is 15.6. The molecule has 1 fully saturated rings. The molecule has 23 heavy (non-hydrogen) atoms. The summed E-state index contributed by atoms with van der Waals surface area (Å²) < 4.78 is 10.8. The number of aryl methyl sites for hydroxylation is 2. The van der Waals surface area contributed by atoms with E-state index in [1.54, 1.807) is 26.0 Å². The van der Waals surface area contributed by atoms with Gasteiger partial charge in [0.25, 0.3) is 5.69 Å². The normalized spacial score (nSPS) is 19.0. The molecule has 0 amide bonds. The van der Waals surface area contributed by atoms with E-state index in [4.69, 9.17) is 9.26 Å². The quantitative estimate of drug-likeness (QED) is 0.629. The van der Waals surface area contributed by atoms with Crippen LogP contribution < -0.4 is 0 Å². The number of hydrogen-bond acceptors (Lipinski definition) is 7. The summed E-state index contributed by atoms with van der Waals surface area (Å²) in [6, 6.07) is 5.18. The molecular weight excluding hydrogens is 300 g/mol. The molecule has 0 spiro atoms. The molecule has 1 aromatic carbocycles. The predicted molar refractivity (Wildman–Crippen MR) is 80.8 cm³/mol. The van der Waals surface area contributed by atoms with Gasteiger partial charge in [-0.05, 0) is 19.4 Å². The molecule has 1 aromatic heterocycles. The number of nitro benzene ring substituents is 1. The fourth-order valence-electron chi connectivity index (χ4n) is 2.69. The van der Waals surface area contributed by atoms with Gasteiger partial charge in [0.05, 0.1) is 18.1 Å². The van der Waals surface area contributed by atoms with Gasteiger partial charge in [0.15, 0.2) is 5.82 Å². The van der Waals surface area contributed by atoms with Crippen molar-refractivity contribution in [3.63, 3.8) is 0 Å². The molecule has 2 aromatic rings. The van der Waals surface area contributed by atoms with Gasteiger partial charge in [0, 0.05) is 24.7 Å². The highest BCUT2D eigenvalue weighted by Gasteiger charge is 2.29. The molecule has 8 heteroatoms. The van der Waals surface area contributed by atoms with E-state index >= 15 is 0 Å². The van der Waals surface area contributed by atoms with Crippen molar-refractivity contribution in [2.24, 2.45) is 0 Å². The molecule has 8 nitrogen and oxygen atoms in total. The molecule has 0 unspecified atom stereocenters. The zero-order valence-electron chi connectivity index (χ0n) is 13.1. The van der Waals surface area contributed by atoms with E-state index in [0.29, 0.717) is 43.6 Å². The number of ether oxygens (including phenoxy) is 1. The maximum atomic E-state index is 11.1. The number of hydrogen-bond donors (Lipinski definition) is 0. The van der Waals surface area contributed by atoms with Gasteiger partial charge >= 0.3 is 0 Å². The Labute approximate surface area is 133 Å². The summed E-state index contributed by atoms with van der Waals surface area (Å²) in [5.74, 6) is 1.10. The van der Waals surface area contributed by atoms with Gasteiger partial charge < -0.3 is 9.26 Å². The molecule has 0 bridgehead atoms. The fourth-order valence-corrected chi connectivity index (χ4v) is 2.69. The third-order valence-electron chi connectivity index (χ3n) is 3.92. The van der Waals surface area contributed by atoms with Gasteiger partial charge in [-0.25, -0.2) is 0 Å². The summed E-state index contributed by atoms with van der Waals surface area (Å²) in [4.78, 5) is 17.2. The zero-order valence-corrected chi connectivity index (χ0v) is 13.1. The average molecular weight is 318 g/mol. The number of morpholine rings is 1. The Morgan fingerprint density at radius 3 is 2.96 bits per heavy atom. The first-order valence-corrected chi connectivity index (χ1v) is 7.40. The van der Waals surface area contributed by atoms with Gasteiger partial charge in [0.2, 0.25) is 5.89 Å². The number of nitrogens with zero attached hydrogens (tertiary/aromatic N) is 4. The second kappa shape index (κ2) is 6.43. The van der Waals surface area contributed by atoms with Gasteiger partial charge in [0.1, 0.15) is 6.04 Å². The van der Waals surface area contributed by atoms with E-state index in [1.165, 1.54) is 0 Å². The fraction of sp³-hybridized carbons (Fsp3) is 0.467. The highest BCUT2D eigenvalue weighted by atomic mass is 16.6.